The largest absolute Gasteiger partial charge is 0.468 e. The van der Waals surface area contributed by atoms with Gasteiger partial charge in [-0.25, -0.2) is 15.0 Å². The van der Waals surface area contributed by atoms with Crippen molar-refractivity contribution in [1.29, 1.82) is 0 Å². The van der Waals surface area contributed by atoms with E-state index in [4.69, 9.17) is 4.42 Å². The van der Waals surface area contributed by atoms with Crippen LogP contribution in [-0.2, 0) is 6.54 Å². The molecular weight excluding hydrogens is 310 g/mol. The molecule has 0 aliphatic carbocycles. The van der Waals surface area contributed by atoms with Gasteiger partial charge in [0.15, 0.2) is 10.8 Å². The maximum atomic E-state index is 5.51. The Kier molecular flexibility index (Phi) is 5.12. The third-order valence-corrected chi connectivity index (χ3v) is 4.33. The Bertz CT molecular complexity index is 711. The lowest BCUT2D eigenvalue weighted by atomic mass is 10.2. The molecular formula is C16H19N5OS. The van der Waals surface area contributed by atoms with Crippen molar-refractivity contribution in [3.05, 3.63) is 53.7 Å². The van der Waals surface area contributed by atoms with Crippen LogP contribution in [0.25, 0.3) is 10.8 Å². The van der Waals surface area contributed by atoms with E-state index in [1.54, 1.807) is 36.1 Å². The molecule has 7 heteroatoms. The highest BCUT2D eigenvalue weighted by atomic mass is 32.1. The molecule has 1 unspecified atom stereocenters. The van der Waals surface area contributed by atoms with Crippen LogP contribution in [0.4, 0.5) is 0 Å². The fourth-order valence-corrected chi connectivity index (χ4v) is 3.02. The molecule has 3 aromatic rings. The molecule has 0 fully saturated rings. The predicted molar refractivity (Wildman–Crippen MR) is 90.0 cm³/mol. The van der Waals surface area contributed by atoms with Crippen LogP contribution < -0.4 is 5.32 Å². The minimum atomic E-state index is 0.195. The first-order valence-electron chi connectivity index (χ1n) is 7.36. The maximum absolute atomic E-state index is 5.51. The molecule has 0 aliphatic heterocycles. The summed E-state index contributed by atoms with van der Waals surface area (Å²) in [5.74, 6) is 1.63. The summed E-state index contributed by atoms with van der Waals surface area (Å²) < 4.78 is 5.51. The van der Waals surface area contributed by atoms with Gasteiger partial charge in [-0.15, -0.1) is 11.3 Å². The van der Waals surface area contributed by atoms with Crippen molar-refractivity contribution in [2.24, 2.45) is 0 Å². The van der Waals surface area contributed by atoms with Crippen molar-refractivity contribution >= 4 is 11.3 Å². The number of nitrogens with one attached hydrogen (secondary N) is 1. The molecule has 3 rings (SSSR count). The van der Waals surface area contributed by atoms with Gasteiger partial charge >= 0.3 is 0 Å². The average Bonchev–Trinajstić information content (AvgIpc) is 3.24. The fraction of sp³-hybridized carbons (Fsp3) is 0.312. The lowest BCUT2D eigenvalue weighted by Crippen LogP contribution is -2.30. The molecule has 0 radical (unpaired) electrons. The first-order chi connectivity index (χ1) is 11.2. The van der Waals surface area contributed by atoms with Crippen molar-refractivity contribution < 1.29 is 4.42 Å². The van der Waals surface area contributed by atoms with E-state index in [-0.39, 0.29) is 6.04 Å². The second-order valence-electron chi connectivity index (χ2n) is 5.34. The third-order valence-electron chi connectivity index (χ3n) is 3.45. The Morgan fingerprint density at radius 3 is 2.78 bits per heavy atom. The van der Waals surface area contributed by atoms with Crippen LogP contribution in [0, 0.1) is 0 Å². The highest BCUT2D eigenvalue weighted by molar-refractivity contribution is 7.13. The van der Waals surface area contributed by atoms with Gasteiger partial charge in [-0.3, -0.25) is 4.90 Å². The van der Waals surface area contributed by atoms with E-state index < -0.39 is 0 Å². The Morgan fingerprint density at radius 2 is 2.09 bits per heavy atom. The number of furan rings is 1. The molecule has 0 bridgehead atoms. The summed E-state index contributed by atoms with van der Waals surface area (Å²) >= 11 is 1.56. The second kappa shape index (κ2) is 7.45. The van der Waals surface area contributed by atoms with Crippen molar-refractivity contribution in [2.45, 2.75) is 12.6 Å². The quantitative estimate of drug-likeness (QED) is 0.719. The van der Waals surface area contributed by atoms with Gasteiger partial charge in [-0.1, -0.05) is 0 Å². The van der Waals surface area contributed by atoms with Gasteiger partial charge < -0.3 is 9.73 Å². The fourth-order valence-electron chi connectivity index (χ4n) is 2.26. The summed E-state index contributed by atoms with van der Waals surface area (Å²) in [6.07, 6.45) is 5.16. The third kappa shape index (κ3) is 4.01. The smallest absolute Gasteiger partial charge is 0.188 e. The number of rotatable bonds is 7. The first kappa shape index (κ1) is 15.8. The van der Waals surface area contributed by atoms with E-state index in [1.807, 2.05) is 31.6 Å². The normalized spacial score (nSPS) is 12.7. The molecule has 0 amide bonds. The van der Waals surface area contributed by atoms with E-state index in [0.717, 1.165) is 23.0 Å². The zero-order valence-electron chi connectivity index (χ0n) is 13.1. The van der Waals surface area contributed by atoms with Crippen LogP contribution in [0.15, 0.2) is 46.7 Å². The van der Waals surface area contributed by atoms with E-state index in [0.29, 0.717) is 12.4 Å². The summed E-state index contributed by atoms with van der Waals surface area (Å²) in [4.78, 5) is 15.2. The predicted octanol–water partition coefficient (Wildman–Crippen LogP) is 2.59. The Labute approximate surface area is 139 Å². The minimum absolute atomic E-state index is 0.195. The molecule has 3 heterocycles. The maximum Gasteiger partial charge on any atom is 0.188 e. The molecule has 0 aliphatic rings. The standard InChI is InChI=1S/C16H19N5OS/c1-21(2)13(14-5-3-8-22-14)10-17-9-12-11-23-16(20-12)15-18-6-4-7-19-15/h3-8,11,13,17H,9-10H2,1-2H3. The molecule has 0 saturated carbocycles. The first-order valence-corrected chi connectivity index (χ1v) is 8.24. The van der Waals surface area contributed by atoms with Crippen molar-refractivity contribution in [2.75, 3.05) is 20.6 Å². The van der Waals surface area contributed by atoms with E-state index >= 15 is 0 Å². The summed E-state index contributed by atoms with van der Waals surface area (Å²) in [7, 11) is 4.09. The molecule has 23 heavy (non-hydrogen) atoms. The van der Waals surface area contributed by atoms with Gasteiger partial charge in [0.05, 0.1) is 18.0 Å². The lowest BCUT2D eigenvalue weighted by Gasteiger charge is -2.22. The van der Waals surface area contributed by atoms with Gasteiger partial charge in [0.2, 0.25) is 0 Å². The summed E-state index contributed by atoms with van der Waals surface area (Å²) in [5, 5.41) is 6.32. The van der Waals surface area contributed by atoms with Gasteiger partial charge in [-0.2, -0.15) is 0 Å². The molecule has 1 N–H and O–H groups in total. The van der Waals surface area contributed by atoms with E-state index in [9.17, 15) is 0 Å². The zero-order chi connectivity index (χ0) is 16.1. The molecule has 120 valence electrons. The lowest BCUT2D eigenvalue weighted by molar-refractivity contribution is 0.250. The number of thiazole rings is 1. The Balaban J connectivity index is 1.57. The van der Waals surface area contributed by atoms with E-state index in [2.05, 4.69) is 25.2 Å². The number of likely N-dealkylation sites (N-methyl/N-ethyl adjacent to an activating group) is 1. The molecule has 6 nitrogen and oxygen atoms in total. The zero-order valence-corrected chi connectivity index (χ0v) is 14.0. The van der Waals surface area contributed by atoms with Gasteiger partial charge in [-0.05, 0) is 32.3 Å². The van der Waals surface area contributed by atoms with E-state index in [1.165, 1.54) is 0 Å². The van der Waals surface area contributed by atoms with Crippen LogP contribution in [0.1, 0.15) is 17.5 Å². The monoisotopic (exact) mass is 329 g/mol. The number of hydrogen-bond donors (Lipinski definition) is 1. The Morgan fingerprint density at radius 1 is 1.26 bits per heavy atom. The number of nitrogens with zero attached hydrogens (tertiary/aromatic N) is 4. The number of aromatic nitrogens is 3. The SMILES string of the molecule is CN(C)C(CNCc1csc(-c2ncccn2)n1)c1ccco1. The number of hydrogen-bond acceptors (Lipinski definition) is 7. The molecule has 3 aromatic heterocycles. The molecule has 0 spiro atoms. The van der Waals surface area contributed by atoms with Crippen LogP contribution in [-0.4, -0.2) is 40.5 Å². The second-order valence-corrected chi connectivity index (χ2v) is 6.20. The van der Waals surface area contributed by atoms with Gasteiger partial charge in [0.25, 0.3) is 0 Å². The summed E-state index contributed by atoms with van der Waals surface area (Å²) in [6.45, 7) is 1.49. The van der Waals surface area contributed by atoms with Gasteiger partial charge in [0.1, 0.15) is 5.76 Å². The van der Waals surface area contributed by atoms with Crippen molar-refractivity contribution in [3.8, 4) is 10.8 Å². The highest BCUT2D eigenvalue weighted by Crippen LogP contribution is 2.20. The molecule has 0 aromatic carbocycles. The minimum Gasteiger partial charge on any atom is -0.468 e. The summed E-state index contributed by atoms with van der Waals surface area (Å²) in [6, 6.07) is 5.91. The molecule has 1 atom stereocenters. The van der Waals surface area contributed by atoms with Crippen LogP contribution in [0.5, 0.6) is 0 Å². The summed E-state index contributed by atoms with van der Waals surface area (Å²) in [5.41, 5.74) is 0.995. The Hall–Kier alpha value is -2.09. The highest BCUT2D eigenvalue weighted by Gasteiger charge is 2.16. The van der Waals surface area contributed by atoms with Crippen molar-refractivity contribution in [1.82, 2.24) is 25.2 Å². The van der Waals surface area contributed by atoms with Crippen molar-refractivity contribution in [3.63, 3.8) is 0 Å². The topological polar surface area (TPSA) is 67.1 Å². The van der Waals surface area contributed by atoms with Crippen LogP contribution in [0.3, 0.4) is 0 Å². The van der Waals surface area contributed by atoms with Crippen LogP contribution >= 0.6 is 11.3 Å². The van der Waals surface area contributed by atoms with Crippen LogP contribution in [0.2, 0.25) is 0 Å². The average molecular weight is 329 g/mol. The van der Waals surface area contributed by atoms with Gasteiger partial charge in [0, 0.05) is 30.9 Å². The molecule has 0 saturated heterocycles.